The number of nitro groups is 1. The van der Waals surface area contributed by atoms with Crippen LogP contribution in [0.1, 0.15) is 36.5 Å². The van der Waals surface area contributed by atoms with Crippen LogP contribution in [-0.2, 0) is 4.79 Å². The summed E-state index contributed by atoms with van der Waals surface area (Å²) in [6.45, 7) is 3.69. The van der Waals surface area contributed by atoms with Crippen molar-refractivity contribution in [2.45, 2.75) is 25.8 Å². The molecule has 0 saturated heterocycles. The minimum absolute atomic E-state index is 0.0618. The van der Waals surface area contributed by atoms with E-state index in [4.69, 9.17) is 0 Å². The molecule has 0 aromatic heterocycles. The number of nitrogens with zero attached hydrogens (tertiary/aromatic N) is 1. The molecular weight excluding hydrogens is 386 g/mol. The van der Waals surface area contributed by atoms with E-state index in [0.29, 0.717) is 0 Å². The van der Waals surface area contributed by atoms with Gasteiger partial charge >= 0.3 is 0 Å². The first kappa shape index (κ1) is 19.4. The summed E-state index contributed by atoms with van der Waals surface area (Å²) in [5.41, 5.74) is 2.15. The largest absolute Gasteiger partial charge is 0.297 e. The molecule has 0 unspecified atom stereocenters. The van der Waals surface area contributed by atoms with Gasteiger partial charge in [0.05, 0.1) is 11.3 Å². The van der Waals surface area contributed by atoms with Gasteiger partial charge in [0.2, 0.25) is 6.04 Å². The third kappa shape index (κ3) is 2.45. The Balaban J connectivity index is 1.90. The summed E-state index contributed by atoms with van der Waals surface area (Å²) in [5, 5.41) is 12.5. The third-order valence-electron chi connectivity index (χ3n) is 7.27. The van der Waals surface area contributed by atoms with E-state index in [-0.39, 0.29) is 10.7 Å². The first-order valence-electron chi connectivity index (χ1n) is 10.5. The Morgan fingerprint density at radius 2 is 1.13 bits per heavy atom. The molecule has 0 spiro atoms. The molecule has 31 heavy (non-hydrogen) atoms. The molecule has 0 N–H and O–H groups in total. The van der Waals surface area contributed by atoms with Crippen molar-refractivity contribution in [2.75, 3.05) is 0 Å². The lowest BCUT2D eigenvalue weighted by Crippen LogP contribution is -2.42. The van der Waals surface area contributed by atoms with Gasteiger partial charge in [-0.3, -0.25) is 14.9 Å². The van der Waals surface area contributed by atoms with Crippen molar-refractivity contribution < 1.29 is 9.72 Å². The third-order valence-corrected chi connectivity index (χ3v) is 7.27. The van der Waals surface area contributed by atoms with Crippen LogP contribution in [-0.4, -0.2) is 16.7 Å². The minimum Gasteiger partial charge on any atom is -0.297 e. The van der Waals surface area contributed by atoms with E-state index in [0.717, 1.165) is 27.8 Å². The summed E-state index contributed by atoms with van der Waals surface area (Å²) in [7, 11) is 0. The summed E-state index contributed by atoms with van der Waals surface area (Å²) in [6, 6.07) is 28.0. The zero-order valence-corrected chi connectivity index (χ0v) is 17.5. The van der Waals surface area contributed by atoms with E-state index < -0.39 is 22.8 Å². The van der Waals surface area contributed by atoms with Crippen molar-refractivity contribution in [3.63, 3.8) is 0 Å². The topological polar surface area (TPSA) is 60.2 Å². The summed E-state index contributed by atoms with van der Waals surface area (Å²) >= 11 is 0. The van der Waals surface area contributed by atoms with Crippen LogP contribution in [0.3, 0.4) is 0 Å². The molecule has 4 atom stereocenters. The van der Waals surface area contributed by atoms with Gasteiger partial charge in [-0.25, -0.2) is 0 Å². The Labute approximate surface area is 181 Å². The maximum Gasteiger partial charge on any atom is 0.237 e. The van der Waals surface area contributed by atoms with Crippen LogP contribution in [0.5, 0.6) is 0 Å². The maximum atomic E-state index is 14.1. The summed E-state index contributed by atoms with van der Waals surface area (Å²) in [4.78, 5) is 26.4. The number of hydrogen-bond donors (Lipinski definition) is 0. The lowest BCUT2D eigenvalue weighted by Gasteiger charge is -2.37. The fraction of sp³-hybridized carbons (Fsp3) is 0.222. The van der Waals surface area contributed by atoms with Crippen LogP contribution < -0.4 is 0 Å². The zero-order chi connectivity index (χ0) is 21.8. The first-order valence-corrected chi connectivity index (χ1v) is 10.5. The van der Waals surface area contributed by atoms with Gasteiger partial charge < -0.3 is 0 Å². The van der Waals surface area contributed by atoms with E-state index in [2.05, 4.69) is 0 Å². The maximum absolute atomic E-state index is 14.1. The van der Waals surface area contributed by atoms with E-state index in [1.165, 1.54) is 0 Å². The Hall–Kier alpha value is -3.53. The van der Waals surface area contributed by atoms with E-state index in [9.17, 15) is 14.9 Å². The van der Waals surface area contributed by atoms with Gasteiger partial charge in [-0.2, -0.15) is 0 Å². The van der Waals surface area contributed by atoms with Gasteiger partial charge in [0.25, 0.3) is 0 Å². The van der Waals surface area contributed by atoms with E-state index >= 15 is 0 Å². The quantitative estimate of drug-likeness (QED) is 0.414. The summed E-state index contributed by atoms with van der Waals surface area (Å²) in [5.74, 6) is -0.600. The van der Waals surface area contributed by atoms with Crippen molar-refractivity contribution in [3.8, 4) is 0 Å². The van der Waals surface area contributed by atoms with Crippen LogP contribution in [0.2, 0.25) is 0 Å². The smallest absolute Gasteiger partial charge is 0.237 e. The molecular formula is C27H23NO3. The molecule has 0 aliphatic heterocycles. The number of rotatable bonds is 4. The number of benzene rings is 3. The second kappa shape index (κ2) is 6.74. The lowest BCUT2D eigenvalue weighted by molar-refractivity contribution is -0.536. The predicted octanol–water partition coefficient (Wildman–Crippen LogP) is 5.64. The molecule has 2 aliphatic rings. The van der Waals surface area contributed by atoms with Crippen molar-refractivity contribution in [3.05, 3.63) is 118 Å². The molecule has 0 heterocycles. The van der Waals surface area contributed by atoms with Crippen molar-refractivity contribution in [1.82, 2.24) is 0 Å². The predicted molar refractivity (Wildman–Crippen MR) is 121 cm³/mol. The highest BCUT2D eigenvalue weighted by atomic mass is 16.6. The Morgan fingerprint density at radius 3 is 1.58 bits per heavy atom. The molecule has 3 aromatic rings. The normalized spacial score (nSPS) is 29.4. The highest BCUT2D eigenvalue weighted by Gasteiger charge is 2.77. The standard InChI is InChI=1S/C27H23NO3/c1-26-21(18-12-6-3-7-13-18)22(19-14-8-4-9-15-19)27(2,25(26)29)24(28(30)31)23(26)20-16-10-5-11-17-20/h3-17,23-24H,1-2H3/t23-,24+,26+,27+/m1/s1. The monoisotopic (exact) mass is 409 g/mol. The van der Waals surface area contributed by atoms with Gasteiger partial charge in [-0.1, -0.05) is 91.0 Å². The Bertz CT molecular complexity index is 1200. The zero-order valence-electron chi connectivity index (χ0n) is 17.5. The van der Waals surface area contributed by atoms with Gasteiger partial charge in [0.15, 0.2) is 5.78 Å². The van der Waals surface area contributed by atoms with Gasteiger partial charge in [0, 0.05) is 4.92 Å². The molecule has 1 fully saturated rings. The molecule has 4 nitrogen and oxygen atoms in total. The number of ketones is 1. The number of Topliss-reactive ketones (excluding diaryl/α,β-unsaturated/α-hetero) is 1. The SMILES string of the molecule is C[C@]12C(=O)[C@@](C)(C(c3ccccc3)=C1c1ccccc1)[C@@H]([N+](=O)[O-])[C@H]2c1ccccc1. The van der Waals surface area contributed by atoms with Gasteiger partial charge in [-0.05, 0) is 41.7 Å². The average Bonchev–Trinajstić information content (AvgIpc) is 3.09. The van der Waals surface area contributed by atoms with E-state index in [1.807, 2.05) is 97.9 Å². The van der Waals surface area contributed by atoms with Gasteiger partial charge in [-0.15, -0.1) is 0 Å². The molecule has 2 aliphatic carbocycles. The highest BCUT2D eigenvalue weighted by molar-refractivity contribution is 6.23. The Morgan fingerprint density at radius 1 is 0.710 bits per heavy atom. The van der Waals surface area contributed by atoms with Crippen LogP contribution in [0.4, 0.5) is 0 Å². The fourth-order valence-electron chi connectivity index (χ4n) is 6.12. The van der Waals surface area contributed by atoms with Crippen LogP contribution in [0.15, 0.2) is 91.0 Å². The molecule has 154 valence electrons. The summed E-state index contributed by atoms with van der Waals surface area (Å²) in [6.07, 6.45) is 0. The molecule has 4 heteroatoms. The first-order chi connectivity index (χ1) is 14.9. The van der Waals surface area contributed by atoms with Gasteiger partial charge in [0.1, 0.15) is 5.41 Å². The van der Waals surface area contributed by atoms with Crippen LogP contribution in [0, 0.1) is 20.9 Å². The molecule has 1 saturated carbocycles. The van der Waals surface area contributed by atoms with Crippen LogP contribution >= 0.6 is 0 Å². The van der Waals surface area contributed by atoms with Crippen LogP contribution in [0.25, 0.3) is 11.1 Å². The fourth-order valence-corrected chi connectivity index (χ4v) is 6.12. The van der Waals surface area contributed by atoms with Crippen molar-refractivity contribution in [1.29, 1.82) is 0 Å². The number of carbonyl (C=O) groups excluding carboxylic acids is 1. The molecule has 2 bridgehead atoms. The summed E-state index contributed by atoms with van der Waals surface area (Å²) < 4.78 is 0. The number of hydrogen-bond acceptors (Lipinski definition) is 3. The van der Waals surface area contributed by atoms with Crippen molar-refractivity contribution >= 4 is 16.9 Å². The van der Waals surface area contributed by atoms with Crippen molar-refractivity contribution in [2.24, 2.45) is 10.8 Å². The average molecular weight is 409 g/mol. The molecule has 0 radical (unpaired) electrons. The molecule has 0 amide bonds. The Kier molecular flexibility index (Phi) is 4.23. The van der Waals surface area contributed by atoms with E-state index in [1.54, 1.807) is 6.92 Å². The molecule has 5 rings (SSSR count). The minimum atomic E-state index is -1.22. The second-order valence-corrected chi connectivity index (χ2v) is 8.83. The number of fused-ring (bicyclic) bond motifs is 2. The second-order valence-electron chi connectivity index (χ2n) is 8.83. The highest BCUT2D eigenvalue weighted by Crippen LogP contribution is 2.72. The lowest BCUT2D eigenvalue weighted by atomic mass is 9.63. The molecule has 3 aromatic carbocycles. The number of allylic oxidation sites excluding steroid dienone is 1. The number of carbonyl (C=O) groups is 1.